The number of hydrogen-bond donors (Lipinski definition) is 2. The zero-order chi connectivity index (χ0) is 7.73. The van der Waals surface area contributed by atoms with E-state index in [2.05, 4.69) is 5.32 Å². The van der Waals surface area contributed by atoms with Crippen molar-refractivity contribution in [2.75, 3.05) is 19.8 Å². The zero-order valence-electron chi connectivity index (χ0n) is 6.68. The molecule has 64 valence electrons. The summed E-state index contributed by atoms with van der Waals surface area (Å²) in [4.78, 5) is 0. The second kappa shape index (κ2) is 2.73. The molecule has 0 aromatic heterocycles. The minimum atomic E-state index is 0.0839. The molecule has 0 amide bonds. The fraction of sp³-hybridized carbons (Fsp3) is 1.00. The first-order valence-electron chi connectivity index (χ1n) is 4.32. The molecule has 11 heavy (non-hydrogen) atoms. The molecule has 2 heterocycles. The molecule has 0 aromatic rings. The van der Waals surface area contributed by atoms with Crippen molar-refractivity contribution >= 4 is 0 Å². The van der Waals surface area contributed by atoms with Gasteiger partial charge in [0, 0.05) is 5.54 Å². The van der Waals surface area contributed by atoms with Crippen molar-refractivity contribution in [3.63, 3.8) is 0 Å². The SMILES string of the molecule is OCC1CC2(CCCN2)CO1. The number of hydrogen-bond acceptors (Lipinski definition) is 3. The van der Waals surface area contributed by atoms with E-state index in [0.29, 0.717) is 0 Å². The van der Waals surface area contributed by atoms with Crippen LogP contribution in [0.2, 0.25) is 0 Å². The highest BCUT2D eigenvalue weighted by atomic mass is 16.5. The summed E-state index contributed by atoms with van der Waals surface area (Å²) in [6.07, 6.45) is 3.54. The lowest BCUT2D eigenvalue weighted by Crippen LogP contribution is -2.40. The lowest BCUT2D eigenvalue weighted by atomic mass is 9.94. The molecule has 2 N–H and O–H groups in total. The van der Waals surface area contributed by atoms with Crippen molar-refractivity contribution in [1.82, 2.24) is 5.32 Å². The summed E-state index contributed by atoms with van der Waals surface area (Å²) < 4.78 is 5.43. The number of aliphatic hydroxyl groups excluding tert-OH is 1. The van der Waals surface area contributed by atoms with E-state index in [4.69, 9.17) is 9.84 Å². The highest BCUT2D eigenvalue weighted by Gasteiger charge is 2.41. The van der Waals surface area contributed by atoms with Gasteiger partial charge in [-0.2, -0.15) is 0 Å². The predicted molar refractivity (Wildman–Crippen MR) is 41.4 cm³/mol. The summed E-state index contributed by atoms with van der Waals surface area (Å²) in [6.45, 7) is 2.07. The normalized spacial score (nSPS) is 43.9. The van der Waals surface area contributed by atoms with Gasteiger partial charge >= 0.3 is 0 Å². The summed E-state index contributed by atoms with van der Waals surface area (Å²) in [5.41, 5.74) is 0.230. The zero-order valence-corrected chi connectivity index (χ0v) is 6.68. The molecule has 3 nitrogen and oxygen atoms in total. The molecule has 2 aliphatic rings. The van der Waals surface area contributed by atoms with E-state index in [0.717, 1.165) is 19.6 Å². The number of rotatable bonds is 1. The van der Waals surface area contributed by atoms with Gasteiger partial charge in [-0.05, 0) is 25.8 Å². The third-order valence-corrected chi connectivity index (χ3v) is 2.75. The second-order valence-electron chi connectivity index (χ2n) is 3.63. The van der Waals surface area contributed by atoms with Gasteiger partial charge in [0.15, 0.2) is 0 Å². The number of ether oxygens (including phenoxy) is 1. The summed E-state index contributed by atoms with van der Waals surface area (Å²) in [5, 5.41) is 12.3. The van der Waals surface area contributed by atoms with E-state index in [1.54, 1.807) is 0 Å². The van der Waals surface area contributed by atoms with Crippen LogP contribution in [-0.4, -0.2) is 36.5 Å². The summed E-state index contributed by atoms with van der Waals surface area (Å²) in [5.74, 6) is 0. The van der Waals surface area contributed by atoms with Crippen molar-refractivity contribution in [3.8, 4) is 0 Å². The first-order chi connectivity index (χ1) is 5.35. The van der Waals surface area contributed by atoms with Crippen LogP contribution in [0.25, 0.3) is 0 Å². The average molecular weight is 157 g/mol. The van der Waals surface area contributed by atoms with Crippen LogP contribution >= 0.6 is 0 Å². The van der Waals surface area contributed by atoms with Gasteiger partial charge in [-0.25, -0.2) is 0 Å². The fourth-order valence-corrected chi connectivity index (χ4v) is 2.11. The molecular weight excluding hydrogens is 142 g/mol. The molecule has 0 aliphatic carbocycles. The van der Waals surface area contributed by atoms with Crippen molar-refractivity contribution in [2.24, 2.45) is 0 Å². The first-order valence-corrected chi connectivity index (χ1v) is 4.32. The van der Waals surface area contributed by atoms with Crippen LogP contribution in [0.1, 0.15) is 19.3 Å². The van der Waals surface area contributed by atoms with Gasteiger partial charge in [0.2, 0.25) is 0 Å². The lowest BCUT2D eigenvalue weighted by Gasteiger charge is -2.20. The molecule has 2 atom stereocenters. The Hall–Kier alpha value is -0.120. The smallest absolute Gasteiger partial charge is 0.0825 e. The Labute approximate surface area is 66.7 Å². The summed E-state index contributed by atoms with van der Waals surface area (Å²) in [7, 11) is 0. The van der Waals surface area contributed by atoms with Gasteiger partial charge in [-0.15, -0.1) is 0 Å². The van der Waals surface area contributed by atoms with E-state index >= 15 is 0 Å². The standard InChI is InChI=1S/C8H15NO2/c10-5-7-4-8(6-11-7)2-1-3-9-8/h7,9-10H,1-6H2. The fourth-order valence-electron chi connectivity index (χ4n) is 2.11. The van der Waals surface area contributed by atoms with E-state index in [1.807, 2.05) is 0 Å². The first kappa shape index (κ1) is 7.53. The quantitative estimate of drug-likeness (QED) is 0.558. The second-order valence-corrected chi connectivity index (χ2v) is 3.63. The number of aliphatic hydroxyl groups is 1. The van der Waals surface area contributed by atoms with Crippen molar-refractivity contribution < 1.29 is 9.84 Å². The van der Waals surface area contributed by atoms with E-state index < -0.39 is 0 Å². The summed E-state index contributed by atoms with van der Waals surface area (Å²) >= 11 is 0. The molecule has 1 spiro atoms. The van der Waals surface area contributed by atoms with Crippen LogP contribution in [0.15, 0.2) is 0 Å². The molecule has 3 heteroatoms. The van der Waals surface area contributed by atoms with Gasteiger partial charge in [0.1, 0.15) is 0 Å². The molecule has 0 aromatic carbocycles. The van der Waals surface area contributed by atoms with E-state index in [9.17, 15) is 0 Å². The molecule has 0 saturated carbocycles. The Morgan fingerprint density at radius 1 is 1.64 bits per heavy atom. The molecule has 2 rings (SSSR count). The topological polar surface area (TPSA) is 41.5 Å². The Morgan fingerprint density at radius 2 is 2.55 bits per heavy atom. The monoisotopic (exact) mass is 157 g/mol. The Bertz CT molecular complexity index is 143. The largest absolute Gasteiger partial charge is 0.394 e. The predicted octanol–water partition coefficient (Wildman–Crippen LogP) is -0.110. The van der Waals surface area contributed by atoms with E-state index in [-0.39, 0.29) is 18.2 Å². The highest BCUT2D eigenvalue weighted by molar-refractivity contribution is 4.98. The number of nitrogens with one attached hydrogen (secondary N) is 1. The molecule has 2 saturated heterocycles. The van der Waals surface area contributed by atoms with Crippen molar-refractivity contribution in [3.05, 3.63) is 0 Å². The third kappa shape index (κ3) is 1.28. The Morgan fingerprint density at radius 3 is 3.09 bits per heavy atom. The minimum absolute atomic E-state index is 0.0839. The van der Waals surface area contributed by atoms with Gasteiger partial charge in [0.05, 0.1) is 19.3 Å². The van der Waals surface area contributed by atoms with Crippen LogP contribution in [0.4, 0.5) is 0 Å². The van der Waals surface area contributed by atoms with Gasteiger partial charge in [-0.3, -0.25) is 0 Å². The maximum absolute atomic E-state index is 8.86. The van der Waals surface area contributed by atoms with Gasteiger partial charge in [-0.1, -0.05) is 0 Å². The van der Waals surface area contributed by atoms with Gasteiger partial charge in [0.25, 0.3) is 0 Å². The van der Waals surface area contributed by atoms with Crippen molar-refractivity contribution in [1.29, 1.82) is 0 Å². The molecule has 0 radical (unpaired) electrons. The molecule has 2 aliphatic heterocycles. The third-order valence-electron chi connectivity index (χ3n) is 2.75. The Balaban J connectivity index is 1.96. The average Bonchev–Trinajstić information content (AvgIpc) is 2.62. The van der Waals surface area contributed by atoms with Crippen LogP contribution < -0.4 is 5.32 Å². The Kier molecular flexibility index (Phi) is 1.87. The maximum atomic E-state index is 8.86. The molecule has 0 bridgehead atoms. The minimum Gasteiger partial charge on any atom is -0.394 e. The van der Waals surface area contributed by atoms with Crippen molar-refractivity contribution in [2.45, 2.75) is 30.9 Å². The lowest BCUT2D eigenvalue weighted by molar-refractivity contribution is 0.0557. The van der Waals surface area contributed by atoms with Crippen LogP contribution in [-0.2, 0) is 4.74 Å². The summed E-state index contributed by atoms with van der Waals surface area (Å²) in [6, 6.07) is 0. The van der Waals surface area contributed by atoms with Crippen LogP contribution in [0.3, 0.4) is 0 Å². The van der Waals surface area contributed by atoms with E-state index in [1.165, 1.54) is 12.8 Å². The maximum Gasteiger partial charge on any atom is 0.0825 e. The highest BCUT2D eigenvalue weighted by Crippen LogP contribution is 2.31. The molecule has 2 fully saturated rings. The molecule has 2 unspecified atom stereocenters. The molecular formula is C8H15NO2. The van der Waals surface area contributed by atoms with Crippen LogP contribution in [0, 0.1) is 0 Å². The van der Waals surface area contributed by atoms with Gasteiger partial charge < -0.3 is 15.2 Å². The van der Waals surface area contributed by atoms with Crippen LogP contribution in [0.5, 0.6) is 0 Å².